The highest BCUT2D eigenvalue weighted by Gasteiger charge is 2.32. The third-order valence-electron chi connectivity index (χ3n) is 5.62. The average Bonchev–Trinajstić information content (AvgIpc) is 3.28. The number of ether oxygens (including phenoxy) is 3. The number of hydrogen-bond donors (Lipinski definition) is 1. The van der Waals surface area contributed by atoms with Crippen molar-refractivity contribution in [2.24, 2.45) is 0 Å². The molecule has 2 aromatic carbocycles. The van der Waals surface area contributed by atoms with Crippen LogP contribution in [0.1, 0.15) is 24.4 Å². The van der Waals surface area contributed by atoms with Crippen molar-refractivity contribution in [3.8, 4) is 17.2 Å². The standard InChI is InChI=1S/C24H30ClN3O5/c1-27(14-23(29)26-19-12-16(25)7-9-22(19)33-4)15-24(30)28-11-5-6-20(28)18-13-17(31-2)8-10-21(18)32-3/h7-10,12-13,20H,5-6,11,14-15H2,1-4H3,(H,26,29). The number of carbonyl (C=O) groups excluding carboxylic acids is 2. The number of rotatable bonds is 9. The zero-order valence-electron chi connectivity index (χ0n) is 19.4. The number of nitrogens with zero attached hydrogens (tertiary/aromatic N) is 2. The predicted octanol–water partition coefficient (Wildman–Crippen LogP) is 3.60. The van der Waals surface area contributed by atoms with E-state index in [1.165, 1.54) is 7.11 Å². The van der Waals surface area contributed by atoms with E-state index in [0.717, 1.165) is 29.9 Å². The van der Waals surface area contributed by atoms with Gasteiger partial charge in [0.25, 0.3) is 0 Å². The molecule has 0 aliphatic carbocycles. The summed E-state index contributed by atoms with van der Waals surface area (Å²) in [5.41, 5.74) is 1.41. The van der Waals surface area contributed by atoms with Gasteiger partial charge in [-0.3, -0.25) is 14.5 Å². The van der Waals surface area contributed by atoms with Crippen LogP contribution >= 0.6 is 11.6 Å². The van der Waals surface area contributed by atoms with Gasteiger partial charge in [-0.25, -0.2) is 0 Å². The Morgan fingerprint density at radius 3 is 2.48 bits per heavy atom. The van der Waals surface area contributed by atoms with Crippen molar-refractivity contribution < 1.29 is 23.8 Å². The molecule has 0 spiro atoms. The number of carbonyl (C=O) groups is 2. The Hall–Kier alpha value is -2.97. The summed E-state index contributed by atoms with van der Waals surface area (Å²) in [4.78, 5) is 29.2. The average molecular weight is 476 g/mol. The smallest absolute Gasteiger partial charge is 0.238 e. The Kier molecular flexibility index (Phi) is 8.41. The first-order chi connectivity index (χ1) is 15.9. The van der Waals surface area contributed by atoms with Gasteiger partial charge in [0, 0.05) is 17.1 Å². The van der Waals surface area contributed by atoms with Crippen LogP contribution in [0.25, 0.3) is 0 Å². The highest BCUT2D eigenvalue weighted by atomic mass is 35.5. The number of hydrogen-bond acceptors (Lipinski definition) is 6. The summed E-state index contributed by atoms with van der Waals surface area (Å²) in [6.45, 7) is 0.814. The topological polar surface area (TPSA) is 80.3 Å². The van der Waals surface area contributed by atoms with Gasteiger partial charge in [0.2, 0.25) is 11.8 Å². The molecule has 178 valence electrons. The molecule has 1 saturated heterocycles. The number of amides is 2. The monoisotopic (exact) mass is 475 g/mol. The second-order valence-electron chi connectivity index (χ2n) is 7.92. The highest BCUT2D eigenvalue weighted by molar-refractivity contribution is 6.31. The first kappa shape index (κ1) is 24.7. The van der Waals surface area contributed by atoms with E-state index in [0.29, 0.717) is 23.0 Å². The van der Waals surface area contributed by atoms with E-state index in [4.69, 9.17) is 25.8 Å². The summed E-state index contributed by atoms with van der Waals surface area (Å²) >= 11 is 6.03. The van der Waals surface area contributed by atoms with Crippen molar-refractivity contribution in [3.63, 3.8) is 0 Å². The third kappa shape index (κ3) is 6.09. The van der Waals surface area contributed by atoms with Crippen LogP contribution in [0.4, 0.5) is 5.69 Å². The van der Waals surface area contributed by atoms with E-state index in [-0.39, 0.29) is 30.9 Å². The fourth-order valence-corrected chi connectivity index (χ4v) is 4.25. The van der Waals surface area contributed by atoms with Gasteiger partial charge in [0.15, 0.2) is 0 Å². The summed E-state index contributed by atoms with van der Waals surface area (Å²) in [7, 11) is 6.49. The van der Waals surface area contributed by atoms with E-state index >= 15 is 0 Å². The fourth-order valence-electron chi connectivity index (χ4n) is 4.08. The van der Waals surface area contributed by atoms with E-state index in [1.54, 1.807) is 44.4 Å². The van der Waals surface area contributed by atoms with Crippen molar-refractivity contribution in [2.75, 3.05) is 53.3 Å². The zero-order chi connectivity index (χ0) is 24.0. The Bertz CT molecular complexity index is 1000. The number of likely N-dealkylation sites (N-methyl/N-ethyl adjacent to an activating group) is 1. The minimum atomic E-state index is -0.265. The molecule has 33 heavy (non-hydrogen) atoms. The van der Waals surface area contributed by atoms with Gasteiger partial charge in [-0.05, 0) is 56.3 Å². The number of likely N-dealkylation sites (tertiary alicyclic amines) is 1. The van der Waals surface area contributed by atoms with Gasteiger partial charge >= 0.3 is 0 Å². The van der Waals surface area contributed by atoms with Crippen LogP contribution in [0, 0.1) is 0 Å². The van der Waals surface area contributed by atoms with Crippen molar-refractivity contribution in [1.29, 1.82) is 0 Å². The van der Waals surface area contributed by atoms with Crippen LogP contribution < -0.4 is 19.5 Å². The summed E-state index contributed by atoms with van der Waals surface area (Å²) in [6, 6.07) is 10.5. The molecule has 1 atom stereocenters. The van der Waals surface area contributed by atoms with Crippen molar-refractivity contribution in [2.45, 2.75) is 18.9 Å². The van der Waals surface area contributed by atoms with E-state index in [1.807, 2.05) is 23.1 Å². The maximum atomic E-state index is 13.1. The van der Waals surface area contributed by atoms with Crippen LogP contribution in [-0.4, -0.2) is 69.6 Å². The number of anilines is 1. The molecule has 1 N–H and O–H groups in total. The number of benzene rings is 2. The molecule has 0 aromatic heterocycles. The molecule has 1 aliphatic rings. The summed E-state index contributed by atoms with van der Waals surface area (Å²) < 4.78 is 16.1. The quantitative estimate of drug-likeness (QED) is 0.597. The second-order valence-corrected chi connectivity index (χ2v) is 8.35. The molecule has 1 unspecified atom stereocenters. The molecule has 2 amide bonds. The number of halogens is 1. The molecule has 0 bridgehead atoms. The number of methoxy groups -OCH3 is 3. The van der Waals surface area contributed by atoms with Crippen molar-refractivity contribution >= 4 is 29.1 Å². The normalized spacial score (nSPS) is 15.5. The van der Waals surface area contributed by atoms with Gasteiger partial charge in [0.05, 0.1) is 46.1 Å². The maximum absolute atomic E-state index is 13.1. The van der Waals surface area contributed by atoms with Crippen LogP contribution in [0.5, 0.6) is 17.2 Å². The highest BCUT2D eigenvalue weighted by Crippen LogP contribution is 2.39. The molecule has 0 saturated carbocycles. The first-order valence-electron chi connectivity index (χ1n) is 10.7. The molecule has 1 fully saturated rings. The number of nitrogens with one attached hydrogen (secondary N) is 1. The van der Waals surface area contributed by atoms with Crippen LogP contribution in [-0.2, 0) is 9.59 Å². The second kappa shape index (κ2) is 11.2. The largest absolute Gasteiger partial charge is 0.497 e. The summed E-state index contributed by atoms with van der Waals surface area (Å²) in [5.74, 6) is 1.65. The van der Waals surface area contributed by atoms with Crippen LogP contribution in [0.3, 0.4) is 0 Å². The van der Waals surface area contributed by atoms with Gasteiger partial charge < -0.3 is 24.4 Å². The fraction of sp³-hybridized carbons (Fsp3) is 0.417. The molecule has 9 heteroatoms. The van der Waals surface area contributed by atoms with E-state index < -0.39 is 0 Å². The molecular formula is C24H30ClN3O5. The first-order valence-corrected chi connectivity index (χ1v) is 11.1. The van der Waals surface area contributed by atoms with E-state index in [9.17, 15) is 9.59 Å². The summed E-state index contributed by atoms with van der Waals surface area (Å²) in [5, 5.41) is 3.28. The maximum Gasteiger partial charge on any atom is 0.238 e. The Morgan fingerprint density at radius 1 is 1.06 bits per heavy atom. The van der Waals surface area contributed by atoms with Crippen molar-refractivity contribution in [1.82, 2.24) is 9.80 Å². The Morgan fingerprint density at radius 2 is 1.79 bits per heavy atom. The summed E-state index contributed by atoms with van der Waals surface area (Å²) in [6.07, 6.45) is 1.74. The van der Waals surface area contributed by atoms with Gasteiger partial charge in [-0.1, -0.05) is 11.6 Å². The Balaban J connectivity index is 1.63. The third-order valence-corrected chi connectivity index (χ3v) is 5.86. The molecule has 1 heterocycles. The molecule has 3 rings (SSSR count). The van der Waals surface area contributed by atoms with Crippen LogP contribution in [0.2, 0.25) is 5.02 Å². The van der Waals surface area contributed by atoms with Gasteiger partial charge in [-0.15, -0.1) is 0 Å². The predicted molar refractivity (Wildman–Crippen MR) is 127 cm³/mol. The molecule has 1 aliphatic heterocycles. The lowest BCUT2D eigenvalue weighted by molar-refractivity contribution is -0.133. The van der Waals surface area contributed by atoms with Gasteiger partial charge in [-0.2, -0.15) is 0 Å². The minimum absolute atomic E-state index is 0.0435. The molecular weight excluding hydrogens is 446 g/mol. The van der Waals surface area contributed by atoms with Gasteiger partial charge in [0.1, 0.15) is 17.2 Å². The lowest BCUT2D eigenvalue weighted by Crippen LogP contribution is -2.41. The molecule has 0 radical (unpaired) electrons. The van der Waals surface area contributed by atoms with Crippen molar-refractivity contribution in [3.05, 3.63) is 47.0 Å². The molecule has 8 nitrogen and oxygen atoms in total. The van der Waals surface area contributed by atoms with E-state index in [2.05, 4.69) is 5.32 Å². The van der Waals surface area contributed by atoms with Crippen LogP contribution in [0.15, 0.2) is 36.4 Å². The lowest BCUT2D eigenvalue weighted by Gasteiger charge is -2.28. The SMILES string of the molecule is COc1ccc(OC)c(C2CCCN2C(=O)CN(C)CC(=O)Nc2cc(Cl)ccc2OC)c1. The zero-order valence-corrected chi connectivity index (χ0v) is 20.1. The Labute approximate surface area is 199 Å². The molecule has 2 aromatic rings. The minimum Gasteiger partial charge on any atom is -0.497 e. The lowest BCUT2D eigenvalue weighted by atomic mass is 10.0.